The van der Waals surface area contributed by atoms with E-state index in [4.69, 9.17) is 9.47 Å². The molecular weight excluding hydrogens is 388 g/mol. The molecule has 0 saturated heterocycles. The standard InChI is InChI=1S/C21H28N4O5/c1-14(26)22-16-7-10-20(29-4)19(11-16)24-21(28)23-15-5-8-18(9-6-15)30-13-17(27)12-25(2)3/h5-11,17,27H,12-13H2,1-4H3,(H,22,26)(H2,23,24,28). The second kappa shape index (κ2) is 11.0. The minimum absolute atomic E-state index is 0.176. The zero-order valence-electron chi connectivity index (χ0n) is 17.6. The van der Waals surface area contributed by atoms with Crippen LogP contribution in [-0.4, -0.2) is 62.4 Å². The van der Waals surface area contributed by atoms with Crippen LogP contribution in [0.3, 0.4) is 0 Å². The number of likely N-dealkylation sites (N-methyl/N-ethyl adjacent to an activating group) is 1. The van der Waals surface area contributed by atoms with Gasteiger partial charge in [-0.25, -0.2) is 4.79 Å². The van der Waals surface area contributed by atoms with Crippen LogP contribution < -0.4 is 25.4 Å². The molecule has 2 aromatic rings. The van der Waals surface area contributed by atoms with E-state index in [9.17, 15) is 14.7 Å². The van der Waals surface area contributed by atoms with Gasteiger partial charge < -0.3 is 35.4 Å². The summed E-state index contributed by atoms with van der Waals surface area (Å²) in [6.07, 6.45) is -0.591. The third-order valence-corrected chi connectivity index (χ3v) is 3.90. The van der Waals surface area contributed by atoms with Gasteiger partial charge in [-0.15, -0.1) is 0 Å². The highest BCUT2D eigenvalue weighted by atomic mass is 16.5. The van der Waals surface area contributed by atoms with Gasteiger partial charge in [-0.2, -0.15) is 0 Å². The number of anilines is 3. The maximum atomic E-state index is 12.4. The molecule has 9 heteroatoms. The molecule has 30 heavy (non-hydrogen) atoms. The van der Waals surface area contributed by atoms with Gasteiger partial charge in [0.05, 0.1) is 12.8 Å². The van der Waals surface area contributed by atoms with Crippen molar-refractivity contribution in [1.82, 2.24) is 4.90 Å². The van der Waals surface area contributed by atoms with E-state index in [-0.39, 0.29) is 12.5 Å². The van der Waals surface area contributed by atoms with Crippen molar-refractivity contribution in [2.24, 2.45) is 0 Å². The molecule has 0 aliphatic heterocycles. The van der Waals surface area contributed by atoms with Crippen LogP contribution in [0.15, 0.2) is 42.5 Å². The average molecular weight is 416 g/mol. The Morgan fingerprint density at radius 3 is 2.30 bits per heavy atom. The maximum Gasteiger partial charge on any atom is 0.323 e. The number of hydrogen-bond donors (Lipinski definition) is 4. The highest BCUT2D eigenvalue weighted by molar-refractivity contribution is 6.01. The smallest absolute Gasteiger partial charge is 0.323 e. The van der Waals surface area contributed by atoms with Crippen LogP contribution in [0.1, 0.15) is 6.92 Å². The number of carbonyl (C=O) groups excluding carboxylic acids is 2. The van der Waals surface area contributed by atoms with E-state index in [0.29, 0.717) is 35.1 Å². The molecule has 0 radical (unpaired) electrons. The Labute approximate surface area is 176 Å². The van der Waals surface area contributed by atoms with Gasteiger partial charge in [0.25, 0.3) is 0 Å². The normalized spacial score (nSPS) is 11.5. The molecule has 1 atom stereocenters. The molecule has 4 N–H and O–H groups in total. The first-order valence-electron chi connectivity index (χ1n) is 9.36. The number of amides is 3. The van der Waals surface area contributed by atoms with Crippen molar-refractivity contribution in [1.29, 1.82) is 0 Å². The van der Waals surface area contributed by atoms with Gasteiger partial charge in [0, 0.05) is 24.8 Å². The Balaban J connectivity index is 1.94. The number of benzene rings is 2. The fourth-order valence-electron chi connectivity index (χ4n) is 2.67. The van der Waals surface area contributed by atoms with Gasteiger partial charge in [-0.1, -0.05) is 0 Å². The monoisotopic (exact) mass is 416 g/mol. The number of aliphatic hydroxyl groups excluding tert-OH is 1. The van der Waals surface area contributed by atoms with Crippen molar-refractivity contribution in [2.75, 3.05) is 50.3 Å². The lowest BCUT2D eigenvalue weighted by Crippen LogP contribution is -2.30. The van der Waals surface area contributed by atoms with Gasteiger partial charge in [0.15, 0.2) is 0 Å². The lowest BCUT2D eigenvalue weighted by Gasteiger charge is -2.16. The number of nitrogens with zero attached hydrogens (tertiary/aromatic N) is 1. The second-order valence-corrected chi connectivity index (χ2v) is 6.93. The van der Waals surface area contributed by atoms with Crippen LogP contribution in [0.5, 0.6) is 11.5 Å². The van der Waals surface area contributed by atoms with Gasteiger partial charge in [0.2, 0.25) is 5.91 Å². The highest BCUT2D eigenvalue weighted by Crippen LogP contribution is 2.28. The zero-order chi connectivity index (χ0) is 22.1. The van der Waals surface area contributed by atoms with Crippen LogP contribution in [0, 0.1) is 0 Å². The van der Waals surface area contributed by atoms with E-state index >= 15 is 0 Å². The largest absolute Gasteiger partial charge is 0.495 e. The quantitative estimate of drug-likeness (QED) is 0.500. The van der Waals surface area contributed by atoms with Crippen molar-refractivity contribution in [3.8, 4) is 11.5 Å². The summed E-state index contributed by atoms with van der Waals surface area (Å²) in [7, 11) is 5.24. The summed E-state index contributed by atoms with van der Waals surface area (Å²) >= 11 is 0. The molecule has 0 heterocycles. The predicted molar refractivity (Wildman–Crippen MR) is 116 cm³/mol. The van der Waals surface area contributed by atoms with Crippen LogP contribution >= 0.6 is 0 Å². The Morgan fingerprint density at radius 1 is 1.03 bits per heavy atom. The topological polar surface area (TPSA) is 112 Å². The molecule has 0 aliphatic carbocycles. The zero-order valence-corrected chi connectivity index (χ0v) is 17.6. The summed E-state index contributed by atoms with van der Waals surface area (Å²) in [6.45, 7) is 2.09. The number of nitrogens with one attached hydrogen (secondary N) is 3. The van der Waals surface area contributed by atoms with E-state index in [2.05, 4.69) is 16.0 Å². The van der Waals surface area contributed by atoms with Crippen molar-refractivity contribution in [2.45, 2.75) is 13.0 Å². The summed E-state index contributed by atoms with van der Waals surface area (Å²) in [5.74, 6) is 0.829. The summed E-state index contributed by atoms with van der Waals surface area (Å²) in [4.78, 5) is 25.5. The Bertz CT molecular complexity index is 855. The Hall–Kier alpha value is -3.30. The first-order valence-corrected chi connectivity index (χ1v) is 9.36. The van der Waals surface area contributed by atoms with E-state index in [1.165, 1.54) is 14.0 Å². The number of rotatable bonds is 9. The molecule has 9 nitrogen and oxygen atoms in total. The van der Waals surface area contributed by atoms with E-state index < -0.39 is 12.1 Å². The van der Waals surface area contributed by atoms with Gasteiger partial charge in [0.1, 0.15) is 24.2 Å². The Morgan fingerprint density at radius 2 is 1.70 bits per heavy atom. The van der Waals surface area contributed by atoms with Crippen LogP contribution in [-0.2, 0) is 4.79 Å². The molecule has 0 aliphatic rings. The fourth-order valence-corrected chi connectivity index (χ4v) is 2.67. The lowest BCUT2D eigenvalue weighted by atomic mass is 10.2. The molecule has 0 fully saturated rings. The van der Waals surface area contributed by atoms with Crippen LogP contribution in [0.25, 0.3) is 0 Å². The van der Waals surface area contributed by atoms with E-state index in [1.54, 1.807) is 42.5 Å². The van der Waals surface area contributed by atoms with Crippen molar-refractivity contribution in [3.63, 3.8) is 0 Å². The summed E-state index contributed by atoms with van der Waals surface area (Å²) in [5.41, 5.74) is 1.51. The summed E-state index contributed by atoms with van der Waals surface area (Å²) in [5, 5.41) is 17.9. The van der Waals surface area contributed by atoms with Crippen LogP contribution in [0.2, 0.25) is 0 Å². The molecule has 0 bridgehead atoms. The number of carbonyl (C=O) groups is 2. The number of methoxy groups -OCH3 is 1. The molecule has 0 spiro atoms. The number of ether oxygens (including phenoxy) is 2. The number of aliphatic hydroxyl groups is 1. The number of urea groups is 1. The first-order chi connectivity index (χ1) is 14.3. The maximum absolute atomic E-state index is 12.4. The van der Waals surface area contributed by atoms with E-state index in [1.807, 2.05) is 19.0 Å². The molecule has 2 rings (SSSR count). The fraction of sp³-hybridized carbons (Fsp3) is 0.333. The van der Waals surface area contributed by atoms with Crippen molar-refractivity contribution >= 4 is 29.0 Å². The third-order valence-electron chi connectivity index (χ3n) is 3.90. The first kappa shape index (κ1) is 23.0. The minimum Gasteiger partial charge on any atom is -0.495 e. The summed E-state index contributed by atoms with van der Waals surface area (Å²) < 4.78 is 10.8. The van der Waals surface area contributed by atoms with Gasteiger partial charge in [-0.05, 0) is 56.6 Å². The molecule has 0 saturated carbocycles. The Kier molecular flexibility index (Phi) is 8.45. The molecule has 2 aromatic carbocycles. The van der Waals surface area contributed by atoms with E-state index in [0.717, 1.165) is 0 Å². The molecule has 162 valence electrons. The van der Waals surface area contributed by atoms with Crippen molar-refractivity contribution in [3.05, 3.63) is 42.5 Å². The third kappa shape index (κ3) is 7.61. The molecule has 3 amide bonds. The summed E-state index contributed by atoms with van der Waals surface area (Å²) in [6, 6.07) is 11.3. The molecule has 1 unspecified atom stereocenters. The van der Waals surface area contributed by atoms with Gasteiger partial charge in [-0.3, -0.25) is 4.79 Å². The van der Waals surface area contributed by atoms with Gasteiger partial charge >= 0.3 is 6.03 Å². The highest BCUT2D eigenvalue weighted by Gasteiger charge is 2.10. The minimum atomic E-state index is -0.591. The SMILES string of the molecule is COc1ccc(NC(C)=O)cc1NC(=O)Nc1ccc(OCC(O)CN(C)C)cc1. The van der Waals surface area contributed by atoms with Crippen molar-refractivity contribution < 1.29 is 24.2 Å². The van der Waals surface area contributed by atoms with Crippen LogP contribution in [0.4, 0.5) is 21.9 Å². The lowest BCUT2D eigenvalue weighted by molar-refractivity contribution is -0.114. The molecular formula is C21H28N4O5. The average Bonchev–Trinajstić information content (AvgIpc) is 2.66. The molecule has 0 aromatic heterocycles. The second-order valence-electron chi connectivity index (χ2n) is 6.93. The predicted octanol–water partition coefficient (Wildman–Crippen LogP) is 2.60. The number of hydrogen-bond acceptors (Lipinski definition) is 6.